The molecule has 5 N–H and O–H groups in total. The van der Waals surface area contributed by atoms with Crippen molar-refractivity contribution in [1.29, 1.82) is 0 Å². The number of allylic oxidation sites excluding steroid dienone is 2. The lowest BCUT2D eigenvalue weighted by Crippen LogP contribution is -2.59. The van der Waals surface area contributed by atoms with Crippen LogP contribution in [0.1, 0.15) is 13.3 Å². The van der Waals surface area contributed by atoms with Gasteiger partial charge < -0.3 is 35.0 Å². The molecule has 0 saturated carbocycles. The summed E-state index contributed by atoms with van der Waals surface area (Å²) in [5.74, 6) is 10.2. The molecule has 1 aliphatic rings. The maximum Gasteiger partial charge on any atom is 0.186 e. The minimum Gasteiger partial charge on any atom is -0.394 e. The Hall–Kier alpha value is -1.42. The van der Waals surface area contributed by atoms with E-state index in [1.807, 2.05) is 6.92 Å². The molecule has 0 unspecified atom stereocenters. The van der Waals surface area contributed by atoms with Crippen molar-refractivity contribution in [3.05, 3.63) is 12.2 Å². The van der Waals surface area contributed by atoms with Gasteiger partial charge in [-0.05, 0) is 24.8 Å². The van der Waals surface area contributed by atoms with Gasteiger partial charge in [-0.3, -0.25) is 0 Å². The van der Waals surface area contributed by atoms with Gasteiger partial charge in [0.1, 0.15) is 30.5 Å². The number of rotatable bonds is 5. The summed E-state index contributed by atoms with van der Waals surface area (Å²) in [6.45, 7) is 1.30. The predicted octanol–water partition coefficient (Wildman–Crippen LogP) is -1.86. The molecule has 1 aliphatic heterocycles. The van der Waals surface area contributed by atoms with E-state index in [0.717, 1.165) is 0 Å². The Morgan fingerprint density at radius 1 is 1.17 bits per heavy atom. The van der Waals surface area contributed by atoms with Gasteiger partial charge in [0, 0.05) is 6.42 Å². The molecule has 7 nitrogen and oxygen atoms in total. The first-order valence-corrected chi connectivity index (χ1v) is 7.23. The second kappa shape index (κ2) is 10.4. The number of ether oxygens (including phenoxy) is 2. The molecule has 0 bridgehead atoms. The third-order valence-electron chi connectivity index (χ3n) is 3.15. The van der Waals surface area contributed by atoms with E-state index in [1.54, 1.807) is 12.2 Å². The highest BCUT2D eigenvalue weighted by atomic mass is 16.7. The van der Waals surface area contributed by atoms with E-state index in [1.165, 1.54) is 0 Å². The van der Waals surface area contributed by atoms with Crippen LogP contribution in [0.3, 0.4) is 0 Å². The second-order valence-corrected chi connectivity index (χ2v) is 4.91. The highest BCUT2D eigenvalue weighted by molar-refractivity contribution is 5.31. The molecular weight excluding hydrogens is 304 g/mol. The van der Waals surface area contributed by atoms with E-state index in [2.05, 4.69) is 23.7 Å². The van der Waals surface area contributed by atoms with Crippen LogP contribution in [0.2, 0.25) is 0 Å². The molecule has 23 heavy (non-hydrogen) atoms. The lowest BCUT2D eigenvalue weighted by Gasteiger charge is -2.39. The molecule has 1 saturated heterocycles. The molecule has 0 aliphatic carbocycles. The third-order valence-corrected chi connectivity index (χ3v) is 3.15. The lowest BCUT2D eigenvalue weighted by molar-refractivity contribution is -0.301. The Morgan fingerprint density at radius 3 is 2.57 bits per heavy atom. The molecule has 0 amide bonds. The highest BCUT2D eigenvalue weighted by Crippen LogP contribution is 2.22. The molecular formula is C16H22O7. The fourth-order valence-electron chi connectivity index (χ4n) is 1.85. The molecule has 128 valence electrons. The van der Waals surface area contributed by atoms with Crippen LogP contribution < -0.4 is 0 Å². The van der Waals surface area contributed by atoms with Crippen LogP contribution in [-0.2, 0) is 9.47 Å². The van der Waals surface area contributed by atoms with Gasteiger partial charge in [0.25, 0.3) is 0 Å². The van der Waals surface area contributed by atoms with E-state index < -0.39 is 43.4 Å². The summed E-state index contributed by atoms with van der Waals surface area (Å²) in [5, 5.41) is 47.6. The Kier molecular flexibility index (Phi) is 8.85. The second-order valence-electron chi connectivity index (χ2n) is 4.91. The molecule has 6 atom stereocenters. The Balaban J connectivity index is 2.41. The van der Waals surface area contributed by atoms with Crippen molar-refractivity contribution in [1.82, 2.24) is 0 Å². The summed E-state index contributed by atoms with van der Waals surface area (Å²) in [7, 11) is 0. The molecule has 0 aromatic heterocycles. The monoisotopic (exact) mass is 326 g/mol. The molecule has 1 heterocycles. The van der Waals surface area contributed by atoms with Crippen LogP contribution in [-0.4, -0.2) is 75.6 Å². The van der Waals surface area contributed by atoms with Gasteiger partial charge in [0.05, 0.1) is 13.2 Å². The van der Waals surface area contributed by atoms with Crippen molar-refractivity contribution in [2.75, 3.05) is 13.2 Å². The Morgan fingerprint density at radius 2 is 1.91 bits per heavy atom. The zero-order chi connectivity index (χ0) is 17.2. The molecule has 0 spiro atoms. The minimum atomic E-state index is -1.49. The maximum absolute atomic E-state index is 9.75. The summed E-state index contributed by atoms with van der Waals surface area (Å²) in [6, 6.07) is 0. The fourth-order valence-corrected chi connectivity index (χ4v) is 1.85. The minimum absolute atomic E-state index is 0.000822. The molecule has 7 heteroatoms. The largest absolute Gasteiger partial charge is 0.394 e. The van der Waals surface area contributed by atoms with Crippen molar-refractivity contribution in [3.63, 3.8) is 0 Å². The Bertz CT molecular complexity index is 494. The standard InChI is InChI=1S/C16H22O7/c1-2-3-4-5-6-7-11(18)8-9-22-16-15(21)14(20)13(19)12(10-17)23-16/h2-3,11-21H,8-10H2,1H3/b3-2+/t11-,12+,13+,14-,15+,16+/m1/s1. The normalized spacial score (nSPS) is 31.8. The van der Waals surface area contributed by atoms with Crippen LogP contribution in [0.4, 0.5) is 0 Å². The summed E-state index contributed by atoms with van der Waals surface area (Å²) in [4.78, 5) is 0. The summed E-state index contributed by atoms with van der Waals surface area (Å²) in [5.41, 5.74) is 0. The Labute approximate surface area is 135 Å². The van der Waals surface area contributed by atoms with E-state index in [4.69, 9.17) is 14.6 Å². The molecule has 1 rings (SSSR count). The molecule has 0 radical (unpaired) electrons. The van der Waals surface area contributed by atoms with Crippen molar-refractivity contribution in [2.45, 2.75) is 50.2 Å². The van der Waals surface area contributed by atoms with Crippen molar-refractivity contribution < 1.29 is 35.0 Å². The fraction of sp³-hybridized carbons (Fsp3) is 0.625. The first-order valence-electron chi connectivity index (χ1n) is 7.23. The summed E-state index contributed by atoms with van der Waals surface area (Å²) in [6.07, 6.45) is -4.02. The van der Waals surface area contributed by atoms with Crippen LogP contribution >= 0.6 is 0 Å². The van der Waals surface area contributed by atoms with E-state index in [-0.39, 0.29) is 13.0 Å². The van der Waals surface area contributed by atoms with Crippen molar-refractivity contribution >= 4 is 0 Å². The average Bonchev–Trinajstić information content (AvgIpc) is 2.54. The van der Waals surface area contributed by atoms with Gasteiger partial charge in [0.15, 0.2) is 6.29 Å². The topological polar surface area (TPSA) is 120 Å². The van der Waals surface area contributed by atoms with Crippen LogP contribution in [0, 0.1) is 23.7 Å². The first-order chi connectivity index (χ1) is 11.0. The summed E-state index contributed by atoms with van der Waals surface area (Å²) < 4.78 is 10.4. The van der Waals surface area contributed by atoms with Gasteiger partial charge in [0.2, 0.25) is 0 Å². The van der Waals surface area contributed by atoms with Gasteiger partial charge in [-0.15, -0.1) is 0 Å². The number of aliphatic hydroxyl groups is 5. The first kappa shape index (κ1) is 19.6. The zero-order valence-electron chi connectivity index (χ0n) is 12.8. The van der Waals surface area contributed by atoms with Crippen LogP contribution in [0.15, 0.2) is 12.2 Å². The number of aliphatic hydroxyl groups excluding tert-OH is 5. The molecule has 0 aromatic carbocycles. The smallest absolute Gasteiger partial charge is 0.186 e. The van der Waals surface area contributed by atoms with Gasteiger partial charge in [-0.2, -0.15) is 0 Å². The number of hydrogen-bond acceptors (Lipinski definition) is 7. The molecule has 1 fully saturated rings. The molecule has 0 aromatic rings. The maximum atomic E-state index is 9.75. The lowest BCUT2D eigenvalue weighted by atomic mass is 9.99. The van der Waals surface area contributed by atoms with E-state index in [9.17, 15) is 20.4 Å². The number of hydrogen-bond donors (Lipinski definition) is 5. The van der Waals surface area contributed by atoms with Crippen LogP contribution in [0.25, 0.3) is 0 Å². The SMILES string of the molecule is C/C=C/C#CC#C[C@@H](O)CCO[C@H]1O[C@@H](CO)[C@H](O)[C@@H](O)[C@@H]1O. The van der Waals surface area contributed by atoms with Crippen LogP contribution in [0.5, 0.6) is 0 Å². The van der Waals surface area contributed by atoms with Gasteiger partial charge in [-0.1, -0.05) is 17.9 Å². The average molecular weight is 326 g/mol. The zero-order valence-corrected chi connectivity index (χ0v) is 12.8. The van der Waals surface area contributed by atoms with E-state index in [0.29, 0.717) is 0 Å². The highest BCUT2D eigenvalue weighted by Gasteiger charge is 2.43. The van der Waals surface area contributed by atoms with Crippen molar-refractivity contribution in [2.24, 2.45) is 0 Å². The van der Waals surface area contributed by atoms with Gasteiger partial charge >= 0.3 is 0 Å². The third kappa shape index (κ3) is 6.30. The quantitative estimate of drug-likeness (QED) is 0.376. The van der Waals surface area contributed by atoms with E-state index >= 15 is 0 Å². The van der Waals surface area contributed by atoms with Crippen molar-refractivity contribution in [3.8, 4) is 23.7 Å². The predicted molar refractivity (Wildman–Crippen MR) is 80.7 cm³/mol. The summed E-state index contributed by atoms with van der Waals surface area (Å²) >= 11 is 0. The van der Waals surface area contributed by atoms with Gasteiger partial charge in [-0.25, -0.2) is 0 Å².